The van der Waals surface area contributed by atoms with E-state index in [1.165, 1.54) is 0 Å². The summed E-state index contributed by atoms with van der Waals surface area (Å²) in [7, 11) is 0. The average molecular weight is 548 g/mol. The summed E-state index contributed by atoms with van der Waals surface area (Å²) >= 11 is 0. The third-order valence-electron chi connectivity index (χ3n) is 7.08. The molecule has 0 spiro atoms. The first kappa shape index (κ1) is 31.9. The number of hydrogen-bond donors (Lipinski definition) is 5. The van der Waals surface area contributed by atoms with E-state index in [4.69, 9.17) is 15.6 Å². The summed E-state index contributed by atoms with van der Waals surface area (Å²) in [5.74, 6) is -5.45. The number of benzene rings is 1. The number of rotatable bonds is 14. The van der Waals surface area contributed by atoms with Crippen LogP contribution in [0.25, 0.3) is 0 Å². The Morgan fingerprint density at radius 2 is 1.77 bits per heavy atom. The van der Waals surface area contributed by atoms with Crippen molar-refractivity contribution in [1.29, 1.82) is 0 Å². The smallest absolute Gasteiger partial charge is 0.303 e. The van der Waals surface area contributed by atoms with Gasteiger partial charge < -0.3 is 31.3 Å². The fraction of sp³-hybridized carbons (Fsp3) is 0.607. The second-order valence-corrected chi connectivity index (χ2v) is 10.8. The Bertz CT molecular complexity index is 1030. The highest BCUT2D eigenvalue weighted by atomic mass is 16.5. The van der Waals surface area contributed by atoms with Crippen molar-refractivity contribution in [1.82, 2.24) is 10.6 Å². The topological polar surface area (TPSA) is 185 Å². The summed E-state index contributed by atoms with van der Waals surface area (Å²) in [5.41, 5.74) is 4.21. The fourth-order valence-corrected chi connectivity index (χ4v) is 5.27. The lowest BCUT2D eigenvalue weighted by molar-refractivity contribution is -0.168. The van der Waals surface area contributed by atoms with Gasteiger partial charge in [0.05, 0.1) is 18.1 Å². The number of carbonyl (C=O) groups is 5. The number of aliphatic carboxylic acids is 1. The maximum Gasteiger partial charge on any atom is 0.303 e. The van der Waals surface area contributed by atoms with Crippen LogP contribution in [0.15, 0.2) is 30.3 Å². The van der Waals surface area contributed by atoms with E-state index >= 15 is 0 Å². The molecule has 1 saturated carbocycles. The normalized spacial score (nSPS) is 22.9. The average Bonchev–Trinajstić information content (AvgIpc) is 2.86. The number of carboxylic acids is 1. The van der Waals surface area contributed by atoms with Crippen molar-refractivity contribution in [2.45, 2.75) is 71.6 Å². The number of ketones is 2. The zero-order valence-electron chi connectivity index (χ0n) is 23.0. The maximum atomic E-state index is 14.1. The molecule has 1 aliphatic carbocycles. The van der Waals surface area contributed by atoms with Crippen LogP contribution in [0, 0.1) is 23.2 Å². The summed E-state index contributed by atoms with van der Waals surface area (Å²) in [6.45, 7) is 6.52. The predicted molar refractivity (Wildman–Crippen MR) is 143 cm³/mol. The van der Waals surface area contributed by atoms with Crippen LogP contribution in [0.4, 0.5) is 0 Å². The minimum absolute atomic E-state index is 0.0517. The van der Waals surface area contributed by atoms with E-state index in [-0.39, 0.29) is 25.3 Å². The highest BCUT2D eigenvalue weighted by Gasteiger charge is 2.64. The van der Waals surface area contributed by atoms with Gasteiger partial charge in [-0.3, -0.25) is 24.0 Å². The van der Waals surface area contributed by atoms with Crippen molar-refractivity contribution >= 4 is 29.4 Å². The summed E-state index contributed by atoms with van der Waals surface area (Å²) in [6, 6.07) is 6.38. The molecule has 0 aromatic heterocycles. The molecular weight excluding hydrogens is 506 g/mol. The van der Waals surface area contributed by atoms with Crippen LogP contribution in [-0.2, 0) is 24.0 Å². The van der Waals surface area contributed by atoms with Crippen LogP contribution in [-0.4, -0.2) is 70.9 Å². The van der Waals surface area contributed by atoms with Gasteiger partial charge in [0.25, 0.3) is 5.91 Å². The predicted octanol–water partition coefficient (Wildman–Crippen LogP) is 1.07. The molecule has 0 heterocycles. The lowest BCUT2D eigenvalue weighted by Crippen LogP contribution is -2.69. The highest BCUT2D eigenvalue weighted by Crippen LogP contribution is 2.46. The van der Waals surface area contributed by atoms with Crippen LogP contribution in [0.5, 0.6) is 5.75 Å². The van der Waals surface area contributed by atoms with Crippen LogP contribution in [0.2, 0.25) is 0 Å². The van der Waals surface area contributed by atoms with E-state index in [1.54, 1.807) is 44.2 Å². The Morgan fingerprint density at radius 1 is 1.13 bits per heavy atom. The quantitative estimate of drug-likeness (QED) is 0.168. The van der Waals surface area contributed by atoms with E-state index in [2.05, 4.69) is 10.6 Å². The second kappa shape index (κ2) is 14.2. The maximum absolute atomic E-state index is 14.1. The molecule has 5 atom stereocenters. The summed E-state index contributed by atoms with van der Waals surface area (Å²) in [5, 5.41) is 25.3. The van der Waals surface area contributed by atoms with E-state index in [0.717, 1.165) is 0 Å². The van der Waals surface area contributed by atoms with Crippen molar-refractivity contribution in [3.63, 3.8) is 0 Å². The van der Waals surface area contributed by atoms with Gasteiger partial charge in [0, 0.05) is 25.4 Å². The molecular formula is C28H41N3O8. The Morgan fingerprint density at radius 3 is 2.33 bits per heavy atom. The third-order valence-corrected chi connectivity index (χ3v) is 7.08. The van der Waals surface area contributed by atoms with Crippen molar-refractivity contribution < 1.29 is 38.9 Å². The molecule has 0 bridgehead atoms. The van der Waals surface area contributed by atoms with Gasteiger partial charge in [0.1, 0.15) is 16.9 Å². The largest absolute Gasteiger partial charge is 0.484 e. The minimum Gasteiger partial charge on any atom is -0.484 e. The fourth-order valence-electron chi connectivity index (χ4n) is 5.27. The monoisotopic (exact) mass is 547 g/mol. The summed E-state index contributed by atoms with van der Waals surface area (Å²) in [4.78, 5) is 65.0. The van der Waals surface area contributed by atoms with Gasteiger partial charge in [0.2, 0.25) is 5.91 Å². The Kier molecular flexibility index (Phi) is 11.6. The molecule has 2 amide bonds. The highest BCUT2D eigenvalue weighted by molar-refractivity contribution is 6.16. The lowest BCUT2D eigenvalue weighted by Gasteiger charge is -2.48. The van der Waals surface area contributed by atoms with Gasteiger partial charge in [-0.15, -0.1) is 0 Å². The molecule has 1 aromatic carbocycles. The van der Waals surface area contributed by atoms with Gasteiger partial charge in [-0.05, 0) is 36.8 Å². The first-order valence-corrected chi connectivity index (χ1v) is 13.3. The number of nitrogens with two attached hydrogens (primary N) is 1. The van der Waals surface area contributed by atoms with E-state index in [9.17, 15) is 29.1 Å². The first-order valence-electron chi connectivity index (χ1n) is 13.3. The van der Waals surface area contributed by atoms with Crippen molar-refractivity contribution in [2.24, 2.45) is 28.9 Å². The SMILES string of the molecule is CC(C)C[C@H](N)[C@@H](O)C1C(=O)C[C@H](NC(=O)COc2ccccc2)C(=O)[C@]1(C(=O)NCCCC(=O)O)C(C)C. The molecule has 2 rings (SSSR count). The molecule has 0 saturated heterocycles. The molecule has 11 nitrogen and oxygen atoms in total. The summed E-state index contributed by atoms with van der Waals surface area (Å²) < 4.78 is 5.44. The van der Waals surface area contributed by atoms with E-state index in [0.29, 0.717) is 12.2 Å². The second-order valence-electron chi connectivity index (χ2n) is 10.8. The van der Waals surface area contributed by atoms with Gasteiger partial charge in [-0.2, -0.15) is 0 Å². The van der Waals surface area contributed by atoms with Crippen LogP contribution < -0.4 is 21.1 Å². The number of aliphatic hydroxyl groups is 1. The van der Waals surface area contributed by atoms with Crippen molar-refractivity contribution in [3.05, 3.63) is 30.3 Å². The number of nitrogens with one attached hydrogen (secondary N) is 2. The number of hydrogen-bond acceptors (Lipinski definition) is 8. The van der Waals surface area contributed by atoms with Crippen LogP contribution >= 0.6 is 0 Å². The van der Waals surface area contributed by atoms with Crippen molar-refractivity contribution in [2.75, 3.05) is 13.2 Å². The first-order chi connectivity index (χ1) is 18.3. The zero-order chi connectivity index (χ0) is 29.3. The van der Waals surface area contributed by atoms with Gasteiger partial charge in [0.15, 0.2) is 12.4 Å². The number of carboxylic acid groups (broad SMARTS) is 1. The van der Waals surface area contributed by atoms with Crippen molar-refractivity contribution in [3.8, 4) is 5.75 Å². The Hall–Kier alpha value is -3.31. The molecule has 0 radical (unpaired) electrons. The lowest BCUT2D eigenvalue weighted by atomic mass is 9.55. The van der Waals surface area contributed by atoms with Crippen LogP contribution in [0.3, 0.4) is 0 Å². The number of para-hydroxylation sites is 1. The van der Waals surface area contributed by atoms with Crippen LogP contribution in [0.1, 0.15) is 53.4 Å². The summed E-state index contributed by atoms with van der Waals surface area (Å²) in [6.07, 6.45) is -1.65. The molecule has 0 aliphatic heterocycles. The molecule has 216 valence electrons. The van der Waals surface area contributed by atoms with Gasteiger partial charge in [-0.25, -0.2) is 0 Å². The number of aliphatic hydroxyl groups excluding tert-OH is 1. The minimum atomic E-state index is -2.04. The third kappa shape index (κ3) is 7.86. The Balaban J connectivity index is 2.38. The molecule has 1 fully saturated rings. The molecule has 6 N–H and O–H groups in total. The Labute approximate surface area is 228 Å². The standard InChI is InChI=1S/C28H41N3O8/c1-16(2)13-19(29)25(36)24-21(32)14-20(31-22(33)15-39-18-9-6-5-7-10-18)26(37)28(24,17(3)4)27(38)30-12-8-11-23(34)35/h5-7,9-10,16-17,19-20,24-25,36H,8,11-15,29H2,1-4H3,(H,30,38)(H,31,33)(H,34,35)/t19-,20-,24?,25+,28-/m0/s1. The van der Waals surface area contributed by atoms with E-state index in [1.807, 2.05) is 13.8 Å². The van der Waals surface area contributed by atoms with Gasteiger partial charge >= 0.3 is 5.97 Å². The molecule has 1 aromatic rings. The number of ether oxygens (including phenoxy) is 1. The number of amides is 2. The molecule has 11 heteroatoms. The van der Waals surface area contributed by atoms with Gasteiger partial charge in [-0.1, -0.05) is 45.9 Å². The molecule has 1 aliphatic rings. The molecule has 39 heavy (non-hydrogen) atoms. The number of Topliss-reactive ketones (excluding diaryl/α,β-unsaturated/α-hetero) is 2. The van der Waals surface area contributed by atoms with E-state index < -0.39 is 77.8 Å². The zero-order valence-corrected chi connectivity index (χ0v) is 23.0. The number of carbonyl (C=O) groups excluding carboxylic acids is 4. The molecule has 1 unspecified atom stereocenters.